The van der Waals surface area contributed by atoms with Gasteiger partial charge in [0.25, 0.3) is 0 Å². The first-order valence-electron chi connectivity index (χ1n) is 15.9. The number of hydrogen-bond acceptors (Lipinski definition) is 2. The maximum Gasteiger partial charge on any atom is 0.101 e. The average Bonchev–Trinajstić information content (AvgIpc) is 3.67. The van der Waals surface area contributed by atoms with Crippen LogP contribution in [-0.2, 0) is 0 Å². The molecule has 0 unspecified atom stereocenters. The topological polar surface area (TPSA) is 57.4 Å². The highest BCUT2D eigenvalue weighted by molar-refractivity contribution is 6.11. The Morgan fingerprint density at radius 3 is 1.42 bits per heavy atom. The van der Waals surface area contributed by atoms with E-state index in [-0.39, 0.29) is 0 Å². The second-order valence-corrected chi connectivity index (χ2v) is 12.0. The zero-order chi connectivity index (χ0) is 32.2. The third-order valence-electron chi connectivity index (χ3n) is 9.37. The fourth-order valence-corrected chi connectivity index (χ4v) is 7.27. The summed E-state index contributed by atoms with van der Waals surface area (Å²) in [4.78, 5) is 0. The highest BCUT2D eigenvalue weighted by Crippen LogP contribution is 2.41. The lowest BCUT2D eigenvalue weighted by molar-refractivity contribution is 1.16. The molecule has 0 radical (unpaired) electrons. The molecule has 0 N–H and O–H groups in total. The third kappa shape index (κ3) is 4.14. The van der Waals surface area contributed by atoms with Gasteiger partial charge in [-0.2, -0.15) is 10.5 Å². The molecule has 0 aliphatic heterocycles. The molecule has 222 valence electrons. The maximum absolute atomic E-state index is 10.6. The Hall–Kier alpha value is -6.88. The Labute approximate surface area is 277 Å². The zero-order valence-electron chi connectivity index (χ0n) is 25.8. The molecule has 0 fully saturated rings. The van der Waals surface area contributed by atoms with Crippen LogP contribution in [0.3, 0.4) is 0 Å². The largest absolute Gasteiger partial charge is 0.309 e. The van der Waals surface area contributed by atoms with E-state index in [1.54, 1.807) is 0 Å². The minimum atomic E-state index is 0.598. The predicted molar refractivity (Wildman–Crippen MR) is 195 cm³/mol. The van der Waals surface area contributed by atoms with Crippen LogP contribution in [0.1, 0.15) is 11.1 Å². The highest BCUT2D eigenvalue weighted by atomic mass is 15.0. The lowest BCUT2D eigenvalue weighted by Gasteiger charge is -2.18. The van der Waals surface area contributed by atoms with Gasteiger partial charge in [0, 0.05) is 32.8 Å². The number of fused-ring (bicyclic) bond motifs is 6. The van der Waals surface area contributed by atoms with Gasteiger partial charge in [-0.05, 0) is 77.4 Å². The molecule has 2 heterocycles. The van der Waals surface area contributed by atoms with Gasteiger partial charge in [0.15, 0.2) is 0 Å². The number of hydrogen-bond donors (Lipinski definition) is 0. The van der Waals surface area contributed by atoms with E-state index in [9.17, 15) is 10.5 Å². The Balaban J connectivity index is 1.39. The standard InChI is InChI=1S/C44H26N4/c45-27-29-20-22-30(23-21-29)32-24-33(26-34(25-32)47-40-16-5-1-11-36(40)37-12-2-6-17-41(37)47)35-15-9-10-31(28-46)44(35)48-42-18-7-3-13-38(42)39-14-4-8-19-43(39)48/h1-26H. The lowest BCUT2D eigenvalue weighted by Crippen LogP contribution is -2.02. The van der Waals surface area contributed by atoms with Crippen molar-refractivity contribution in [2.45, 2.75) is 0 Å². The molecular formula is C44H26N4. The van der Waals surface area contributed by atoms with E-state index in [1.165, 1.54) is 10.8 Å². The van der Waals surface area contributed by atoms with Crippen LogP contribution >= 0.6 is 0 Å². The van der Waals surface area contributed by atoms with Crippen molar-refractivity contribution in [1.82, 2.24) is 9.13 Å². The van der Waals surface area contributed by atoms with Gasteiger partial charge in [0.05, 0.1) is 45.0 Å². The first-order chi connectivity index (χ1) is 23.7. The molecule has 2 aromatic heterocycles. The van der Waals surface area contributed by atoms with Crippen molar-refractivity contribution in [1.29, 1.82) is 10.5 Å². The fraction of sp³-hybridized carbons (Fsp3) is 0. The summed E-state index contributed by atoms with van der Waals surface area (Å²) in [5.74, 6) is 0. The molecule has 0 aliphatic rings. The summed E-state index contributed by atoms with van der Waals surface area (Å²) >= 11 is 0. The normalized spacial score (nSPS) is 11.3. The van der Waals surface area contributed by atoms with Gasteiger partial charge in [-0.3, -0.25) is 0 Å². The van der Waals surface area contributed by atoms with Gasteiger partial charge in [-0.15, -0.1) is 0 Å². The van der Waals surface area contributed by atoms with E-state index < -0.39 is 0 Å². The van der Waals surface area contributed by atoms with Crippen molar-refractivity contribution in [2.75, 3.05) is 0 Å². The molecule has 4 heteroatoms. The fourth-order valence-electron chi connectivity index (χ4n) is 7.27. The van der Waals surface area contributed by atoms with E-state index in [0.29, 0.717) is 11.1 Å². The quantitative estimate of drug-likeness (QED) is 0.199. The molecule has 0 spiro atoms. The van der Waals surface area contributed by atoms with Gasteiger partial charge in [-0.1, -0.05) is 97.1 Å². The first-order valence-corrected chi connectivity index (χ1v) is 15.9. The second kappa shape index (κ2) is 10.9. The molecule has 0 saturated heterocycles. The number of aromatic nitrogens is 2. The minimum absolute atomic E-state index is 0.598. The highest BCUT2D eigenvalue weighted by Gasteiger charge is 2.20. The van der Waals surface area contributed by atoms with E-state index in [0.717, 1.165) is 66.5 Å². The van der Waals surface area contributed by atoms with Crippen LogP contribution in [0, 0.1) is 22.7 Å². The predicted octanol–water partition coefficient (Wildman–Crippen LogP) is 11.0. The molecule has 0 atom stereocenters. The van der Waals surface area contributed by atoms with Crippen molar-refractivity contribution in [3.8, 4) is 45.8 Å². The van der Waals surface area contributed by atoms with E-state index >= 15 is 0 Å². The molecule has 7 aromatic carbocycles. The van der Waals surface area contributed by atoms with Crippen LogP contribution in [0.4, 0.5) is 0 Å². The van der Waals surface area contributed by atoms with E-state index in [1.807, 2.05) is 36.4 Å². The Morgan fingerprint density at radius 2 is 0.896 bits per heavy atom. The molecule has 0 bridgehead atoms. The molecular weight excluding hydrogens is 585 g/mol. The SMILES string of the molecule is N#Cc1ccc(-c2cc(-c3cccc(C#N)c3-n3c4ccccc4c4ccccc43)cc(-n3c4ccccc4c4ccccc43)c2)cc1. The summed E-state index contributed by atoms with van der Waals surface area (Å²) in [6.45, 7) is 0. The number of benzene rings is 7. The van der Waals surface area contributed by atoms with Gasteiger partial charge in [-0.25, -0.2) is 0 Å². The maximum atomic E-state index is 10.6. The van der Waals surface area contributed by atoms with Crippen LogP contribution in [0.2, 0.25) is 0 Å². The molecule has 9 aromatic rings. The lowest BCUT2D eigenvalue weighted by atomic mass is 9.94. The number of nitrogens with zero attached hydrogens (tertiary/aromatic N) is 4. The van der Waals surface area contributed by atoms with E-state index in [4.69, 9.17) is 0 Å². The molecule has 0 aliphatic carbocycles. The summed E-state index contributed by atoms with van der Waals surface area (Å²) in [5, 5.41) is 24.7. The van der Waals surface area contributed by atoms with Crippen LogP contribution < -0.4 is 0 Å². The summed E-state index contributed by atoms with van der Waals surface area (Å²) < 4.78 is 4.57. The third-order valence-corrected chi connectivity index (χ3v) is 9.37. The van der Waals surface area contributed by atoms with Crippen molar-refractivity contribution in [3.63, 3.8) is 0 Å². The van der Waals surface area contributed by atoms with Crippen LogP contribution in [0.5, 0.6) is 0 Å². The van der Waals surface area contributed by atoms with Crippen LogP contribution in [0.15, 0.2) is 158 Å². The van der Waals surface area contributed by atoms with Crippen molar-refractivity contribution in [2.24, 2.45) is 0 Å². The summed E-state index contributed by atoms with van der Waals surface area (Å²) in [7, 11) is 0. The van der Waals surface area contributed by atoms with Crippen molar-refractivity contribution in [3.05, 3.63) is 169 Å². The van der Waals surface area contributed by atoms with Gasteiger partial charge < -0.3 is 9.13 Å². The number of para-hydroxylation sites is 5. The molecule has 4 nitrogen and oxygen atoms in total. The van der Waals surface area contributed by atoms with Crippen molar-refractivity contribution < 1.29 is 0 Å². The molecule has 0 amide bonds. The molecule has 0 saturated carbocycles. The minimum Gasteiger partial charge on any atom is -0.309 e. The summed E-state index contributed by atoms with van der Waals surface area (Å²) in [6.07, 6.45) is 0. The smallest absolute Gasteiger partial charge is 0.101 e. The first kappa shape index (κ1) is 27.4. The number of rotatable bonds is 4. The molecule has 48 heavy (non-hydrogen) atoms. The Bertz CT molecular complexity index is 2690. The van der Waals surface area contributed by atoms with Crippen molar-refractivity contribution >= 4 is 43.6 Å². The summed E-state index contributed by atoms with van der Waals surface area (Å²) in [5.41, 5.74) is 11.4. The number of nitriles is 2. The average molecular weight is 611 g/mol. The van der Waals surface area contributed by atoms with E-state index in [2.05, 4.69) is 143 Å². The van der Waals surface area contributed by atoms with Crippen LogP contribution in [0.25, 0.3) is 77.2 Å². The Morgan fingerprint density at radius 1 is 0.396 bits per heavy atom. The summed E-state index contributed by atoms with van der Waals surface area (Å²) in [6, 6.07) is 59.0. The van der Waals surface area contributed by atoms with Gasteiger partial charge in [0.2, 0.25) is 0 Å². The van der Waals surface area contributed by atoms with Crippen LogP contribution in [-0.4, -0.2) is 9.13 Å². The second-order valence-electron chi connectivity index (χ2n) is 12.0. The van der Waals surface area contributed by atoms with Gasteiger partial charge >= 0.3 is 0 Å². The van der Waals surface area contributed by atoms with Gasteiger partial charge in [0.1, 0.15) is 6.07 Å². The monoisotopic (exact) mass is 610 g/mol. The molecule has 9 rings (SSSR count). The Kier molecular flexibility index (Phi) is 6.22. The zero-order valence-corrected chi connectivity index (χ0v) is 25.8.